The summed E-state index contributed by atoms with van der Waals surface area (Å²) in [6, 6.07) is 8.25. The Morgan fingerprint density at radius 2 is 2.00 bits per heavy atom. The van der Waals surface area contributed by atoms with E-state index in [1.165, 1.54) is 11.8 Å². The van der Waals surface area contributed by atoms with Crippen LogP contribution in [0.15, 0.2) is 30.3 Å². The molecule has 9 heteroatoms. The van der Waals surface area contributed by atoms with Crippen molar-refractivity contribution in [2.75, 3.05) is 26.2 Å². The highest BCUT2D eigenvalue weighted by Gasteiger charge is 2.51. The number of carbonyl (C=O) groups excluding carboxylic acids is 1. The fourth-order valence-corrected chi connectivity index (χ4v) is 4.03. The summed E-state index contributed by atoms with van der Waals surface area (Å²) in [7, 11) is 0. The van der Waals surface area contributed by atoms with E-state index in [4.69, 9.17) is 14.2 Å². The van der Waals surface area contributed by atoms with Gasteiger partial charge in [0, 0.05) is 25.6 Å². The van der Waals surface area contributed by atoms with Crippen LogP contribution in [0, 0.1) is 0 Å². The summed E-state index contributed by atoms with van der Waals surface area (Å²) in [5.41, 5.74) is 0.799. The average molecular weight is 439 g/mol. The van der Waals surface area contributed by atoms with Gasteiger partial charge in [0.05, 0.1) is 12.7 Å². The van der Waals surface area contributed by atoms with E-state index in [9.17, 15) is 20.1 Å². The molecular weight excluding hydrogens is 404 g/mol. The van der Waals surface area contributed by atoms with Gasteiger partial charge in [0.2, 0.25) is 5.91 Å². The number of nitrogens with one attached hydrogen (secondary N) is 1. The highest BCUT2D eigenvalue weighted by atomic mass is 16.7. The van der Waals surface area contributed by atoms with Crippen molar-refractivity contribution < 1.29 is 34.3 Å². The molecule has 0 aliphatic carbocycles. The maximum atomic E-state index is 12.3. The van der Waals surface area contributed by atoms with Crippen LogP contribution in [0.25, 0.3) is 0 Å². The molecule has 2 heterocycles. The van der Waals surface area contributed by atoms with Crippen LogP contribution in [0.3, 0.4) is 0 Å². The summed E-state index contributed by atoms with van der Waals surface area (Å²) < 4.78 is 17.3. The van der Waals surface area contributed by atoms with Crippen molar-refractivity contribution in [3.8, 4) is 0 Å². The fraction of sp³-hybridized carbons (Fsp3) is 0.682. The first-order valence-electron chi connectivity index (χ1n) is 10.9. The van der Waals surface area contributed by atoms with E-state index in [0.29, 0.717) is 6.54 Å². The number of aliphatic hydroxyl groups excluding tert-OH is 3. The smallest absolute Gasteiger partial charge is 0.220 e. The van der Waals surface area contributed by atoms with E-state index < -0.39 is 43.0 Å². The number of nitrogens with zero attached hydrogens (tertiary/aromatic N) is 1. The Hall–Kier alpha value is -1.59. The number of hydrogen-bond acceptors (Lipinski definition) is 8. The number of benzene rings is 1. The van der Waals surface area contributed by atoms with E-state index in [1.807, 2.05) is 30.3 Å². The van der Waals surface area contributed by atoms with Crippen LogP contribution in [-0.2, 0) is 19.0 Å². The molecule has 174 valence electrons. The Labute approximate surface area is 182 Å². The predicted octanol–water partition coefficient (Wildman–Crippen LogP) is 0.146. The molecular formula is C22H34N2O7. The number of hydrogen-bond donors (Lipinski definition) is 4. The van der Waals surface area contributed by atoms with Gasteiger partial charge in [0.1, 0.15) is 24.4 Å². The molecule has 3 rings (SSSR count). The van der Waals surface area contributed by atoms with Gasteiger partial charge in [0.15, 0.2) is 12.6 Å². The summed E-state index contributed by atoms with van der Waals surface area (Å²) in [5.74, 6) is -0.385. The zero-order valence-electron chi connectivity index (χ0n) is 18.1. The number of fused-ring (bicyclic) bond motifs is 1. The van der Waals surface area contributed by atoms with E-state index >= 15 is 0 Å². The van der Waals surface area contributed by atoms with Crippen LogP contribution in [-0.4, -0.2) is 89.1 Å². The molecule has 7 atom stereocenters. The first kappa shape index (κ1) is 24.1. The molecule has 1 unspecified atom stereocenters. The molecule has 0 aromatic heterocycles. The standard InChI is InChI=1S/C22H34N2O7/c1-3-4-10-23-11-16(26)12-24(14(2)25)18-19(27)20-17(30-21(18)28)13-29-22(31-20)15-8-6-5-7-9-15/h5-9,16-23,26-28H,3-4,10-13H2,1-2H3/t16-,17-,18-,19-,20-,21-,22?/m1/s1. The van der Waals surface area contributed by atoms with Gasteiger partial charge in [-0.05, 0) is 13.0 Å². The zero-order valence-corrected chi connectivity index (χ0v) is 18.1. The Morgan fingerprint density at radius 1 is 1.26 bits per heavy atom. The molecule has 2 aliphatic heterocycles. The van der Waals surface area contributed by atoms with E-state index in [0.717, 1.165) is 24.9 Å². The lowest BCUT2D eigenvalue weighted by Crippen LogP contribution is -2.67. The van der Waals surface area contributed by atoms with Gasteiger partial charge in [-0.3, -0.25) is 4.79 Å². The van der Waals surface area contributed by atoms with Gasteiger partial charge in [0.25, 0.3) is 0 Å². The molecule has 0 saturated carbocycles. The van der Waals surface area contributed by atoms with Crippen LogP contribution < -0.4 is 5.32 Å². The van der Waals surface area contributed by atoms with Gasteiger partial charge < -0.3 is 39.7 Å². The minimum absolute atomic E-state index is 0.0490. The molecule has 1 amide bonds. The quantitative estimate of drug-likeness (QED) is 0.402. The third kappa shape index (κ3) is 6.01. The topological polar surface area (TPSA) is 121 Å². The summed E-state index contributed by atoms with van der Waals surface area (Å²) >= 11 is 0. The summed E-state index contributed by atoms with van der Waals surface area (Å²) in [6.07, 6.45) is -3.63. The molecule has 0 bridgehead atoms. The monoisotopic (exact) mass is 438 g/mol. The maximum absolute atomic E-state index is 12.3. The summed E-state index contributed by atoms with van der Waals surface area (Å²) in [6.45, 7) is 4.57. The molecule has 31 heavy (non-hydrogen) atoms. The second-order valence-electron chi connectivity index (χ2n) is 8.11. The average Bonchev–Trinajstić information content (AvgIpc) is 2.76. The second kappa shape index (κ2) is 11.3. The fourth-order valence-electron chi connectivity index (χ4n) is 4.03. The molecule has 1 aromatic carbocycles. The number of unbranched alkanes of at least 4 members (excludes halogenated alkanes) is 1. The van der Waals surface area contributed by atoms with Gasteiger partial charge in [-0.15, -0.1) is 0 Å². The molecule has 1 aromatic rings. The summed E-state index contributed by atoms with van der Waals surface area (Å²) in [4.78, 5) is 13.6. The minimum atomic E-state index is -1.43. The number of carbonyl (C=O) groups is 1. The highest BCUT2D eigenvalue weighted by Crippen LogP contribution is 2.35. The maximum Gasteiger partial charge on any atom is 0.220 e. The first-order valence-corrected chi connectivity index (χ1v) is 10.9. The van der Waals surface area contributed by atoms with Crippen LogP contribution >= 0.6 is 0 Å². The third-order valence-electron chi connectivity index (χ3n) is 5.68. The van der Waals surface area contributed by atoms with Crippen LogP contribution in [0.4, 0.5) is 0 Å². The molecule has 2 fully saturated rings. The van der Waals surface area contributed by atoms with E-state index in [2.05, 4.69) is 12.2 Å². The van der Waals surface area contributed by atoms with Crippen molar-refractivity contribution in [2.45, 2.75) is 69.7 Å². The Bertz CT molecular complexity index is 692. The molecule has 4 N–H and O–H groups in total. The van der Waals surface area contributed by atoms with Crippen LogP contribution in [0.5, 0.6) is 0 Å². The van der Waals surface area contributed by atoms with Crippen molar-refractivity contribution in [3.05, 3.63) is 35.9 Å². The van der Waals surface area contributed by atoms with E-state index in [1.54, 1.807) is 0 Å². The van der Waals surface area contributed by atoms with Crippen molar-refractivity contribution in [1.82, 2.24) is 10.2 Å². The lowest BCUT2D eigenvalue weighted by molar-refractivity contribution is -0.345. The van der Waals surface area contributed by atoms with Crippen LogP contribution in [0.1, 0.15) is 38.5 Å². The zero-order chi connectivity index (χ0) is 22.4. The lowest BCUT2D eigenvalue weighted by Gasteiger charge is -2.49. The van der Waals surface area contributed by atoms with Crippen molar-refractivity contribution in [1.29, 1.82) is 0 Å². The highest BCUT2D eigenvalue weighted by molar-refractivity contribution is 5.73. The first-order chi connectivity index (χ1) is 14.9. The molecule has 0 spiro atoms. The Morgan fingerprint density at radius 3 is 2.68 bits per heavy atom. The Balaban J connectivity index is 1.68. The number of amides is 1. The molecule has 2 saturated heterocycles. The predicted molar refractivity (Wildman–Crippen MR) is 112 cm³/mol. The SMILES string of the molecule is CCCCNC[C@@H](O)CN(C(C)=O)[C@@H]1[C@@H](O)[C@@H]2OC(c3ccccc3)OC[C@H]2O[C@H]1O. The Kier molecular flexibility index (Phi) is 8.79. The summed E-state index contributed by atoms with van der Waals surface area (Å²) in [5, 5.41) is 35.1. The van der Waals surface area contributed by atoms with Crippen molar-refractivity contribution in [3.63, 3.8) is 0 Å². The van der Waals surface area contributed by atoms with Crippen molar-refractivity contribution >= 4 is 5.91 Å². The van der Waals surface area contributed by atoms with Gasteiger partial charge in [-0.2, -0.15) is 0 Å². The molecule has 0 radical (unpaired) electrons. The molecule has 2 aliphatic rings. The van der Waals surface area contributed by atoms with Crippen LogP contribution in [0.2, 0.25) is 0 Å². The van der Waals surface area contributed by atoms with E-state index in [-0.39, 0.29) is 19.1 Å². The normalized spacial score (nSPS) is 31.6. The lowest BCUT2D eigenvalue weighted by atomic mass is 9.94. The minimum Gasteiger partial charge on any atom is -0.390 e. The number of ether oxygens (including phenoxy) is 3. The van der Waals surface area contributed by atoms with Gasteiger partial charge in [-0.25, -0.2) is 0 Å². The number of aliphatic hydroxyl groups is 3. The number of rotatable bonds is 9. The molecule has 9 nitrogen and oxygen atoms in total. The largest absolute Gasteiger partial charge is 0.390 e. The second-order valence-corrected chi connectivity index (χ2v) is 8.11. The third-order valence-corrected chi connectivity index (χ3v) is 5.68. The van der Waals surface area contributed by atoms with Crippen molar-refractivity contribution in [2.24, 2.45) is 0 Å². The van der Waals surface area contributed by atoms with Gasteiger partial charge in [-0.1, -0.05) is 43.7 Å². The van der Waals surface area contributed by atoms with Gasteiger partial charge >= 0.3 is 0 Å².